The number of nitrogens with one attached hydrogen (secondary N) is 1. The molecular formula is C14H31N3O2S. The van der Waals surface area contributed by atoms with Gasteiger partial charge in [0.1, 0.15) is 0 Å². The molecule has 1 atom stereocenters. The van der Waals surface area contributed by atoms with Crippen LogP contribution in [0.2, 0.25) is 0 Å². The van der Waals surface area contributed by atoms with E-state index < -0.39 is 10.2 Å². The molecule has 0 aliphatic carbocycles. The topological polar surface area (TPSA) is 52.7 Å². The fourth-order valence-corrected chi connectivity index (χ4v) is 4.47. The molecule has 6 heteroatoms. The largest absolute Gasteiger partial charge is 0.310 e. The molecule has 0 amide bonds. The highest BCUT2D eigenvalue weighted by Gasteiger charge is 2.35. The Morgan fingerprint density at radius 1 is 1.20 bits per heavy atom. The van der Waals surface area contributed by atoms with Crippen LogP contribution < -0.4 is 5.32 Å². The van der Waals surface area contributed by atoms with Crippen LogP contribution in [0.3, 0.4) is 0 Å². The monoisotopic (exact) mass is 305 g/mol. The van der Waals surface area contributed by atoms with Gasteiger partial charge in [-0.15, -0.1) is 0 Å². The summed E-state index contributed by atoms with van der Waals surface area (Å²) < 4.78 is 28.7. The van der Waals surface area contributed by atoms with Crippen molar-refractivity contribution < 1.29 is 8.42 Å². The van der Waals surface area contributed by atoms with Gasteiger partial charge in [-0.05, 0) is 33.6 Å². The highest BCUT2D eigenvalue weighted by molar-refractivity contribution is 7.86. The molecule has 1 fully saturated rings. The molecule has 1 N–H and O–H groups in total. The Morgan fingerprint density at radius 3 is 2.30 bits per heavy atom. The SMILES string of the molecule is CCN(CC)S(=O)(=O)N1CCCCC1CNC(C)(C)C. The van der Waals surface area contributed by atoms with Crippen molar-refractivity contribution >= 4 is 10.2 Å². The highest BCUT2D eigenvalue weighted by atomic mass is 32.2. The van der Waals surface area contributed by atoms with Crippen molar-refractivity contribution in [2.75, 3.05) is 26.2 Å². The van der Waals surface area contributed by atoms with Crippen LogP contribution in [0.25, 0.3) is 0 Å². The van der Waals surface area contributed by atoms with Gasteiger partial charge >= 0.3 is 0 Å². The number of hydrogen-bond donors (Lipinski definition) is 1. The standard InChI is InChI=1S/C14H31N3O2S/c1-6-16(7-2)20(18,19)17-11-9-8-10-13(17)12-15-14(3,4)5/h13,15H,6-12H2,1-5H3. The second kappa shape index (κ2) is 7.20. The first-order chi connectivity index (χ1) is 9.22. The van der Waals surface area contributed by atoms with Crippen molar-refractivity contribution in [2.24, 2.45) is 0 Å². The van der Waals surface area contributed by atoms with Gasteiger partial charge in [0.2, 0.25) is 0 Å². The van der Waals surface area contributed by atoms with Gasteiger partial charge in [0.15, 0.2) is 0 Å². The lowest BCUT2D eigenvalue weighted by Crippen LogP contribution is -2.55. The van der Waals surface area contributed by atoms with E-state index in [9.17, 15) is 8.42 Å². The van der Waals surface area contributed by atoms with E-state index in [4.69, 9.17) is 0 Å². The molecular weight excluding hydrogens is 274 g/mol. The fraction of sp³-hybridized carbons (Fsp3) is 1.00. The summed E-state index contributed by atoms with van der Waals surface area (Å²) in [6.45, 7) is 12.6. The van der Waals surface area contributed by atoms with Gasteiger partial charge < -0.3 is 5.32 Å². The molecule has 0 aromatic carbocycles. The van der Waals surface area contributed by atoms with Gasteiger partial charge in [0, 0.05) is 37.8 Å². The van der Waals surface area contributed by atoms with Crippen molar-refractivity contribution in [3.8, 4) is 0 Å². The van der Waals surface area contributed by atoms with Crippen molar-refractivity contribution in [3.63, 3.8) is 0 Å². The molecule has 0 bridgehead atoms. The maximum Gasteiger partial charge on any atom is 0.282 e. The van der Waals surface area contributed by atoms with E-state index in [1.165, 1.54) is 0 Å². The van der Waals surface area contributed by atoms with Crippen LogP contribution in [0.15, 0.2) is 0 Å². The van der Waals surface area contributed by atoms with Gasteiger partial charge in [-0.1, -0.05) is 20.3 Å². The van der Waals surface area contributed by atoms with Gasteiger partial charge in [-0.3, -0.25) is 0 Å². The smallest absolute Gasteiger partial charge is 0.282 e. The zero-order valence-corrected chi connectivity index (χ0v) is 14.5. The molecule has 1 aliphatic rings. The van der Waals surface area contributed by atoms with Crippen LogP contribution in [0.4, 0.5) is 0 Å². The third-order valence-electron chi connectivity index (χ3n) is 3.77. The number of hydrogen-bond acceptors (Lipinski definition) is 3. The molecule has 0 saturated carbocycles. The molecule has 0 aromatic heterocycles. The normalized spacial score (nSPS) is 22.4. The van der Waals surface area contributed by atoms with E-state index in [1.54, 1.807) is 8.61 Å². The van der Waals surface area contributed by atoms with E-state index in [-0.39, 0.29) is 11.6 Å². The summed E-state index contributed by atoms with van der Waals surface area (Å²) in [5, 5.41) is 3.44. The van der Waals surface area contributed by atoms with E-state index in [0.717, 1.165) is 25.8 Å². The van der Waals surface area contributed by atoms with Crippen LogP contribution in [0, 0.1) is 0 Å². The van der Waals surface area contributed by atoms with Crippen molar-refractivity contribution in [2.45, 2.75) is 65.5 Å². The Balaban J connectivity index is 2.83. The summed E-state index contributed by atoms with van der Waals surface area (Å²) in [7, 11) is -3.31. The zero-order chi connectivity index (χ0) is 15.4. The Bertz CT molecular complexity index is 386. The van der Waals surface area contributed by atoms with Crippen LogP contribution in [-0.4, -0.2) is 54.8 Å². The van der Waals surface area contributed by atoms with Crippen LogP contribution in [0.1, 0.15) is 53.9 Å². The Labute approximate surface area is 124 Å². The third kappa shape index (κ3) is 4.69. The molecule has 1 aliphatic heterocycles. The quantitative estimate of drug-likeness (QED) is 0.814. The number of nitrogens with zero attached hydrogens (tertiary/aromatic N) is 2. The molecule has 5 nitrogen and oxygen atoms in total. The maximum atomic E-state index is 12.7. The Morgan fingerprint density at radius 2 is 1.80 bits per heavy atom. The average molecular weight is 305 g/mol. The van der Waals surface area contributed by atoms with E-state index in [0.29, 0.717) is 19.6 Å². The molecule has 0 radical (unpaired) electrons. The molecule has 0 spiro atoms. The lowest BCUT2D eigenvalue weighted by molar-refractivity contribution is 0.216. The van der Waals surface area contributed by atoms with Crippen molar-refractivity contribution in [1.82, 2.24) is 13.9 Å². The first-order valence-corrected chi connectivity index (χ1v) is 9.14. The molecule has 1 saturated heterocycles. The Hall–Kier alpha value is -0.170. The summed E-state index contributed by atoms with van der Waals surface area (Å²) in [5.74, 6) is 0. The lowest BCUT2D eigenvalue weighted by Gasteiger charge is -2.38. The Kier molecular flexibility index (Phi) is 6.44. The summed E-state index contributed by atoms with van der Waals surface area (Å²) in [4.78, 5) is 0. The minimum Gasteiger partial charge on any atom is -0.310 e. The summed E-state index contributed by atoms with van der Waals surface area (Å²) in [6, 6.07) is 0.0774. The maximum absolute atomic E-state index is 12.7. The third-order valence-corrected chi connectivity index (χ3v) is 6.01. The van der Waals surface area contributed by atoms with Gasteiger partial charge in [0.25, 0.3) is 10.2 Å². The van der Waals surface area contributed by atoms with E-state index in [2.05, 4.69) is 26.1 Å². The van der Waals surface area contributed by atoms with Gasteiger partial charge in [-0.25, -0.2) is 0 Å². The summed E-state index contributed by atoms with van der Waals surface area (Å²) in [5.41, 5.74) is 0.0160. The summed E-state index contributed by atoms with van der Waals surface area (Å²) in [6.07, 6.45) is 3.02. The van der Waals surface area contributed by atoms with Crippen molar-refractivity contribution in [3.05, 3.63) is 0 Å². The first kappa shape index (κ1) is 17.9. The summed E-state index contributed by atoms with van der Waals surface area (Å²) >= 11 is 0. The average Bonchev–Trinajstić information content (AvgIpc) is 2.37. The molecule has 20 heavy (non-hydrogen) atoms. The minimum absolute atomic E-state index is 0.0160. The van der Waals surface area contributed by atoms with E-state index >= 15 is 0 Å². The number of piperidine rings is 1. The van der Waals surface area contributed by atoms with Crippen molar-refractivity contribution in [1.29, 1.82) is 0 Å². The minimum atomic E-state index is -3.31. The first-order valence-electron chi connectivity index (χ1n) is 7.74. The highest BCUT2D eigenvalue weighted by Crippen LogP contribution is 2.22. The second-order valence-corrected chi connectivity index (χ2v) is 8.36. The van der Waals surface area contributed by atoms with Crippen LogP contribution >= 0.6 is 0 Å². The predicted molar refractivity (Wildman–Crippen MR) is 83.9 cm³/mol. The van der Waals surface area contributed by atoms with Crippen LogP contribution in [-0.2, 0) is 10.2 Å². The predicted octanol–water partition coefficient (Wildman–Crippen LogP) is 1.82. The molecule has 1 rings (SSSR count). The fourth-order valence-electron chi connectivity index (χ4n) is 2.60. The molecule has 0 aromatic rings. The second-order valence-electron chi connectivity index (χ2n) is 6.48. The molecule has 120 valence electrons. The van der Waals surface area contributed by atoms with Crippen LogP contribution in [0.5, 0.6) is 0 Å². The number of rotatable bonds is 6. The van der Waals surface area contributed by atoms with E-state index in [1.807, 2.05) is 13.8 Å². The molecule has 1 heterocycles. The zero-order valence-electron chi connectivity index (χ0n) is 13.6. The lowest BCUT2D eigenvalue weighted by atomic mass is 10.0. The van der Waals surface area contributed by atoms with Gasteiger partial charge in [-0.2, -0.15) is 17.0 Å². The molecule has 1 unspecified atom stereocenters. The van der Waals surface area contributed by atoms with Gasteiger partial charge in [0.05, 0.1) is 0 Å².